The fraction of sp³-hybridized carbons (Fsp3) is 0.688. The smallest absolute Gasteiger partial charge is 0.436 e. The summed E-state index contributed by atoms with van der Waals surface area (Å²) < 4.78 is 11.2. The number of carbonyl (C=O) groups excluding carboxylic acids is 4. The maximum absolute atomic E-state index is 14.1. The number of amides is 4. The van der Waals surface area contributed by atoms with Gasteiger partial charge in [0.05, 0.1) is 6.54 Å². The van der Waals surface area contributed by atoms with Gasteiger partial charge < -0.3 is 24.2 Å². The third-order valence-electron chi connectivity index (χ3n) is 7.95. The lowest BCUT2D eigenvalue weighted by Gasteiger charge is -2.54. The highest BCUT2D eigenvalue weighted by molar-refractivity contribution is 5.92. The van der Waals surface area contributed by atoms with E-state index in [0.717, 1.165) is 5.56 Å². The molecule has 11 nitrogen and oxygen atoms in total. The van der Waals surface area contributed by atoms with Crippen molar-refractivity contribution in [2.75, 3.05) is 19.6 Å². The quantitative estimate of drug-likeness (QED) is 0.443. The predicted octanol–water partition coefficient (Wildman–Crippen LogP) is 4.80. The highest BCUT2D eigenvalue weighted by Gasteiger charge is 2.54. The molecule has 3 heterocycles. The van der Waals surface area contributed by atoms with E-state index in [0.29, 0.717) is 38.8 Å². The Morgan fingerprint density at radius 1 is 0.930 bits per heavy atom. The zero-order valence-electron chi connectivity index (χ0n) is 26.7. The van der Waals surface area contributed by atoms with Crippen molar-refractivity contribution in [1.29, 1.82) is 0 Å². The van der Waals surface area contributed by atoms with Crippen LogP contribution in [0.15, 0.2) is 30.3 Å². The number of hydroxylamine groups is 2. The second kappa shape index (κ2) is 13.5. The summed E-state index contributed by atoms with van der Waals surface area (Å²) in [5.41, 5.74) is 0.235. The third-order valence-corrected chi connectivity index (χ3v) is 7.95. The fourth-order valence-electron chi connectivity index (χ4n) is 5.97. The molecule has 1 aromatic rings. The van der Waals surface area contributed by atoms with Gasteiger partial charge in [-0.3, -0.25) is 14.4 Å². The summed E-state index contributed by atoms with van der Waals surface area (Å²) in [4.78, 5) is 65.4. The Balaban J connectivity index is 1.58. The summed E-state index contributed by atoms with van der Waals surface area (Å²) in [5, 5.41) is 1.18. The summed E-state index contributed by atoms with van der Waals surface area (Å²) in [6, 6.07) is 8.46. The molecule has 0 radical (unpaired) electrons. The van der Waals surface area contributed by atoms with Crippen molar-refractivity contribution in [3.05, 3.63) is 35.9 Å². The van der Waals surface area contributed by atoms with E-state index in [1.54, 1.807) is 14.7 Å². The zero-order chi connectivity index (χ0) is 31.5. The van der Waals surface area contributed by atoms with Gasteiger partial charge in [0.25, 0.3) is 5.91 Å². The fourth-order valence-corrected chi connectivity index (χ4v) is 5.97. The largest absolute Gasteiger partial charge is 0.444 e. The standard InChI is InChI=1S/C32H48N4O7/c1-21(2)17-25-28(37)34(24-13-15-33(16-14-24)30(39)42-32(5,6)7)19-27-35(25)29(38)26(18-22(3)4)43-36(27)31(40)41-20-23-11-9-8-10-12-23/h8-12,21-22,24-27H,13-20H2,1-7H3/t25-,26+,27?/m0/s1. The number of piperazine rings is 1. The van der Waals surface area contributed by atoms with E-state index in [1.165, 1.54) is 5.06 Å². The van der Waals surface area contributed by atoms with Crippen molar-refractivity contribution in [3.63, 3.8) is 0 Å². The highest BCUT2D eigenvalue weighted by atomic mass is 16.7. The number of piperidine rings is 1. The number of fused-ring (bicyclic) bond motifs is 1. The second-order valence-electron chi connectivity index (χ2n) is 13.7. The van der Waals surface area contributed by atoms with Crippen LogP contribution in [-0.4, -0.2) is 93.4 Å². The minimum absolute atomic E-state index is 0.0518. The summed E-state index contributed by atoms with van der Waals surface area (Å²) in [7, 11) is 0. The van der Waals surface area contributed by atoms with Crippen LogP contribution in [0.25, 0.3) is 0 Å². The van der Waals surface area contributed by atoms with Crippen LogP contribution in [0.2, 0.25) is 0 Å². The van der Waals surface area contributed by atoms with E-state index in [1.807, 2.05) is 78.8 Å². The number of ether oxygens (including phenoxy) is 2. The predicted molar refractivity (Wildman–Crippen MR) is 159 cm³/mol. The van der Waals surface area contributed by atoms with E-state index in [-0.39, 0.29) is 48.9 Å². The zero-order valence-corrected chi connectivity index (χ0v) is 26.7. The summed E-state index contributed by atoms with van der Waals surface area (Å²) in [6.45, 7) is 14.6. The van der Waals surface area contributed by atoms with Gasteiger partial charge in [-0.1, -0.05) is 58.0 Å². The molecule has 3 atom stereocenters. The first-order valence-corrected chi connectivity index (χ1v) is 15.5. The molecule has 0 N–H and O–H groups in total. The highest BCUT2D eigenvalue weighted by Crippen LogP contribution is 2.34. The Morgan fingerprint density at radius 3 is 2.14 bits per heavy atom. The average Bonchev–Trinajstić information content (AvgIpc) is 2.93. The van der Waals surface area contributed by atoms with Crippen molar-refractivity contribution in [1.82, 2.24) is 19.8 Å². The first-order valence-electron chi connectivity index (χ1n) is 15.5. The van der Waals surface area contributed by atoms with Gasteiger partial charge in [0.15, 0.2) is 12.3 Å². The van der Waals surface area contributed by atoms with Gasteiger partial charge in [-0.05, 0) is 63.9 Å². The van der Waals surface area contributed by atoms with Gasteiger partial charge in [-0.15, -0.1) is 0 Å². The number of likely N-dealkylation sites (tertiary alicyclic amines) is 1. The first-order chi connectivity index (χ1) is 20.2. The summed E-state index contributed by atoms with van der Waals surface area (Å²) in [6.07, 6.45) is -0.802. The van der Waals surface area contributed by atoms with Crippen LogP contribution in [0.3, 0.4) is 0 Å². The minimum Gasteiger partial charge on any atom is -0.444 e. The van der Waals surface area contributed by atoms with E-state index in [4.69, 9.17) is 14.3 Å². The summed E-state index contributed by atoms with van der Waals surface area (Å²) in [5.74, 6) is -0.148. The van der Waals surface area contributed by atoms with E-state index < -0.39 is 30.0 Å². The average molecular weight is 601 g/mol. The van der Waals surface area contributed by atoms with Crippen LogP contribution in [0.4, 0.5) is 9.59 Å². The van der Waals surface area contributed by atoms with E-state index >= 15 is 0 Å². The third kappa shape index (κ3) is 7.99. The Morgan fingerprint density at radius 2 is 1.56 bits per heavy atom. The van der Waals surface area contributed by atoms with Gasteiger partial charge in [-0.2, -0.15) is 5.06 Å². The Hall–Kier alpha value is -3.34. The molecule has 4 amide bonds. The molecule has 238 valence electrons. The number of carbonyl (C=O) groups is 4. The molecule has 3 aliphatic rings. The molecule has 3 saturated heterocycles. The first kappa shape index (κ1) is 32.6. The van der Waals surface area contributed by atoms with Gasteiger partial charge in [-0.25, -0.2) is 9.59 Å². The lowest BCUT2D eigenvalue weighted by molar-refractivity contribution is -0.270. The van der Waals surface area contributed by atoms with Crippen molar-refractivity contribution < 1.29 is 33.5 Å². The Kier molecular flexibility index (Phi) is 10.2. The molecule has 1 aromatic carbocycles. The Labute approximate surface area is 255 Å². The van der Waals surface area contributed by atoms with Crippen LogP contribution in [0.5, 0.6) is 0 Å². The molecule has 0 spiro atoms. The number of rotatable bonds is 7. The molecular weight excluding hydrogens is 552 g/mol. The molecule has 1 unspecified atom stereocenters. The number of hydrogen-bond acceptors (Lipinski definition) is 7. The molecule has 0 aliphatic carbocycles. The van der Waals surface area contributed by atoms with Gasteiger partial charge in [0, 0.05) is 19.1 Å². The van der Waals surface area contributed by atoms with Crippen molar-refractivity contribution in [3.8, 4) is 0 Å². The SMILES string of the molecule is CC(C)C[C@H]1ON(C(=O)OCc2ccccc2)C2CN(C3CCN(C(=O)OC(C)(C)C)CC3)C(=O)[C@H](CC(C)C)N2C1=O. The molecule has 4 rings (SSSR count). The second-order valence-corrected chi connectivity index (χ2v) is 13.7. The molecule has 11 heteroatoms. The molecular formula is C32H48N4O7. The van der Waals surface area contributed by atoms with Gasteiger partial charge >= 0.3 is 12.2 Å². The van der Waals surface area contributed by atoms with Crippen LogP contribution < -0.4 is 0 Å². The summed E-state index contributed by atoms with van der Waals surface area (Å²) >= 11 is 0. The number of benzene rings is 1. The van der Waals surface area contributed by atoms with Crippen molar-refractivity contribution >= 4 is 24.0 Å². The van der Waals surface area contributed by atoms with Crippen LogP contribution in [0, 0.1) is 11.8 Å². The molecule has 0 bridgehead atoms. The Bertz CT molecular complexity index is 1140. The topological polar surface area (TPSA) is 109 Å². The van der Waals surface area contributed by atoms with E-state index in [9.17, 15) is 19.2 Å². The van der Waals surface area contributed by atoms with Crippen LogP contribution >= 0.6 is 0 Å². The lowest BCUT2D eigenvalue weighted by atomic mass is 9.93. The normalized spacial score (nSPS) is 23.6. The number of hydrogen-bond donors (Lipinski definition) is 0. The van der Waals surface area contributed by atoms with Crippen LogP contribution in [0.1, 0.15) is 79.7 Å². The maximum Gasteiger partial charge on any atom is 0.436 e. The molecule has 0 saturated carbocycles. The van der Waals surface area contributed by atoms with Crippen molar-refractivity contribution in [2.45, 2.75) is 111 Å². The van der Waals surface area contributed by atoms with Crippen LogP contribution in [-0.2, 0) is 30.5 Å². The minimum atomic E-state index is -0.897. The monoisotopic (exact) mass is 600 g/mol. The van der Waals surface area contributed by atoms with E-state index in [2.05, 4.69) is 0 Å². The molecule has 3 fully saturated rings. The lowest BCUT2D eigenvalue weighted by Crippen LogP contribution is -2.74. The molecule has 43 heavy (non-hydrogen) atoms. The van der Waals surface area contributed by atoms with Gasteiger partial charge in [0.1, 0.15) is 18.2 Å². The molecule has 3 aliphatic heterocycles. The number of nitrogens with zero attached hydrogens (tertiary/aromatic N) is 4. The van der Waals surface area contributed by atoms with Crippen molar-refractivity contribution in [2.24, 2.45) is 11.8 Å². The van der Waals surface area contributed by atoms with Gasteiger partial charge in [0.2, 0.25) is 5.91 Å². The molecule has 0 aromatic heterocycles. The maximum atomic E-state index is 14.1.